The van der Waals surface area contributed by atoms with Crippen LogP contribution in [0.2, 0.25) is 0 Å². The summed E-state index contributed by atoms with van der Waals surface area (Å²) in [7, 11) is 0. The zero-order valence-corrected chi connectivity index (χ0v) is 15.1. The van der Waals surface area contributed by atoms with Crippen LogP contribution >= 0.6 is 0 Å². The van der Waals surface area contributed by atoms with Crippen molar-refractivity contribution >= 4 is 29.2 Å². The summed E-state index contributed by atoms with van der Waals surface area (Å²) in [5.41, 5.74) is -0.209. The number of hydrogen-bond donors (Lipinski definition) is 3. The Morgan fingerprint density at radius 1 is 1.30 bits per heavy atom. The molecule has 142 valence electrons. The number of amides is 2. The van der Waals surface area contributed by atoms with E-state index in [2.05, 4.69) is 20.9 Å². The first kappa shape index (κ1) is 18.4. The molecular weight excluding hydrogens is 355 g/mol. The van der Waals surface area contributed by atoms with Crippen LogP contribution < -0.4 is 20.7 Å². The highest BCUT2D eigenvalue weighted by molar-refractivity contribution is 6.00. The van der Waals surface area contributed by atoms with Crippen LogP contribution in [0.15, 0.2) is 30.5 Å². The highest BCUT2D eigenvalue weighted by atomic mass is 19.1. The molecule has 0 spiro atoms. The first-order valence-electron chi connectivity index (χ1n) is 8.21. The van der Waals surface area contributed by atoms with Crippen molar-refractivity contribution in [2.75, 3.05) is 22.5 Å². The first-order chi connectivity index (χ1) is 12.7. The third-order valence-electron chi connectivity index (χ3n) is 3.40. The van der Waals surface area contributed by atoms with Crippen molar-refractivity contribution in [1.82, 2.24) is 4.98 Å². The molecule has 27 heavy (non-hydrogen) atoms. The van der Waals surface area contributed by atoms with Crippen LogP contribution in [0.4, 0.5) is 26.4 Å². The van der Waals surface area contributed by atoms with Gasteiger partial charge in [-0.05, 0) is 32.9 Å². The van der Waals surface area contributed by atoms with Gasteiger partial charge in [0.05, 0.1) is 12.2 Å². The van der Waals surface area contributed by atoms with Crippen molar-refractivity contribution in [3.05, 3.63) is 36.3 Å². The predicted molar refractivity (Wildman–Crippen MR) is 97.7 cm³/mol. The van der Waals surface area contributed by atoms with Crippen LogP contribution in [-0.4, -0.2) is 29.1 Å². The molecule has 9 heteroatoms. The minimum Gasteiger partial charge on any atom is -0.455 e. The maximum absolute atomic E-state index is 14.3. The van der Waals surface area contributed by atoms with Crippen molar-refractivity contribution in [2.24, 2.45) is 0 Å². The summed E-state index contributed by atoms with van der Waals surface area (Å²) in [5.74, 6) is 0.0485. The van der Waals surface area contributed by atoms with Gasteiger partial charge in [0.1, 0.15) is 17.0 Å². The Hall–Kier alpha value is -3.36. The zero-order valence-electron chi connectivity index (χ0n) is 15.1. The Morgan fingerprint density at radius 3 is 2.78 bits per heavy atom. The van der Waals surface area contributed by atoms with Crippen molar-refractivity contribution in [3.8, 4) is 11.5 Å². The summed E-state index contributed by atoms with van der Waals surface area (Å²) in [6.45, 7) is 5.23. The number of fused-ring (bicyclic) bond motifs is 1. The number of ether oxygens (including phenoxy) is 2. The third kappa shape index (κ3) is 4.63. The minimum absolute atomic E-state index is 0.0289. The van der Waals surface area contributed by atoms with Gasteiger partial charge in [-0.25, -0.2) is 14.2 Å². The van der Waals surface area contributed by atoms with Gasteiger partial charge in [-0.1, -0.05) is 0 Å². The number of pyridine rings is 1. The van der Waals surface area contributed by atoms with Crippen LogP contribution in [0, 0.1) is 5.82 Å². The van der Waals surface area contributed by atoms with Gasteiger partial charge in [0, 0.05) is 18.3 Å². The topological polar surface area (TPSA) is 102 Å². The number of nitrogens with zero attached hydrogens (tertiary/aromatic N) is 1. The molecule has 0 saturated heterocycles. The van der Waals surface area contributed by atoms with E-state index >= 15 is 0 Å². The van der Waals surface area contributed by atoms with Crippen molar-refractivity contribution in [3.63, 3.8) is 0 Å². The lowest BCUT2D eigenvalue weighted by Gasteiger charge is -2.21. The Morgan fingerprint density at radius 2 is 2.07 bits per heavy atom. The number of carbonyl (C=O) groups excluding carboxylic acids is 2. The summed E-state index contributed by atoms with van der Waals surface area (Å²) in [6, 6.07) is 5.61. The minimum atomic E-state index is -0.752. The number of halogens is 1. The predicted octanol–water partition coefficient (Wildman–Crippen LogP) is 3.72. The normalized spacial score (nSPS) is 13.1. The molecule has 2 amide bonds. The van der Waals surface area contributed by atoms with Gasteiger partial charge in [-0.15, -0.1) is 0 Å². The van der Waals surface area contributed by atoms with Crippen LogP contribution in [0.1, 0.15) is 20.8 Å². The number of nitrogens with one attached hydrogen (secondary N) is 3. The quantitative estimate of drug-likeness (QED) is 0.757. The lowest BCUT2D eigenvalue weighted by molar-refractivity contribution is -0.114. The van der Waals surface area contributed by atoms with Crippen LogP contribution in [0.5, 0.6) is 11.5 Å². The summed E-state index contributed by atoms with van der Waals surface area (Å²) >= 11 is 0. The number of rotatable bonds is 3. The van der Waals surface area contributed by atoms with E-state index in [4.69, 9.17) is 9.47 Å². The van der Waals surface area contributed by atoms with E-state index in [0.717, 1.165) is 6.07 Å². The number of anilines is 3. The van der Waals surface area contributed by atoms with E-state index in [-0.39, 0.29) is 23.9 Å². The van der Waals surface area contributed by atoms with Crippen LogP contribution in [0.25, 0.3) is 0 Å². The molecule has 1 aliphatic heterocycles. The fourth-order valence-corrected chi connectivity index (χ4v) is 2.34. The van der Waals surface area contributed by atoms with Gasteiger partial charge >= 0.3 is 6.09 Å². The first-order valence-corrected chi connectivity index (χ1v) is 8.21. The second-order valence-electron chi connectivity index (χ2n) is 6.81. The lowest BCUT2D eigenvalue weighted by atomic mass is 10.2. The van der Waals surface area contributed by atoms with E-state index in [0.29, 0.717) is 17.3 Å². The van der Waals surface area contributed by atoms with Gasteiger partial charge in [0.15, 0.2) is 17.4 Å². The Kier molecular flexibility index (Phi) is 4.85. The fourth-order valence-electron chi connectivity index (χ4n) is 2.34. The Labute approximate surface area is 155 Å². The van der Waals surface area contributed by atoms with Crippen molar-refractivity contribution in [1.29, 1.82) is 0 Å². The van der Waals surface area contributed by atoms with Gasteiger partial charge in [-0.2, -0.15) is 0 Å². The van der Waals surface area contributed by atoms with Crippen LogP contribution in [0.3, 0.4) is 0 Å². The maximum Gasteiger partial charge on any atom is 0.412 e. The average Bonchev–Trinajstić information content (AvgIpc) is 2.55. The SMILES string of the molecule is CC(C)(C)OC(=O)Nc1ccc(Oc2ccnc3c2NCC(=O)N3)cc1F. The summed E-state index contributed by atoms with van der Waals surface area (Å²) in [4.78, 5) is 27.2. The second kappa shape index (κ2) is 7.10. The van der Waals surface area contributed by atoms with Gasteiger partial charge < -0.3 is 20.1 Å². The molecule has 0 bridgehead atoms. The van der Waals surface area contributed by atoms with E-state index in [9.17, 15) is 14.0 Å². The molecule has 0 unspecified atom stereocenters. The smallest absolute Gasteiger partial charge is 0.412 e. The fraction of sp³-hybridized carbons (Fsp3) is 0.278. The number of aromatic nitrogens is 1. The maximum atomic E-state index is 14.3. The van der Waals surface area contributed by atoms with Gasteiger partial charge in [-0.3, -0.25) is 10.1 Å². The molecule has 0 fully saturated rings. The van der Waals surface area contributed by atoms with Gasteiger partial charge in [0.2, 0.25) is 5.91 Å². The van der Waals surface area contributed by atoms with Crippen LogP contribution in [-0.2, 0) is 9.53 Å². The van der Waals surface area contributed by atoms with E-state index in [1.165, 1.54) is 18.3 Å². The zero-order chi connectivity index (χ0) is 19.6. The molecule has 0 radical (unpaired) electrons. The molecule has 1 aliphatic rings. The van der Waals surface area contributed by atoms with E-state index < -0.39 is 17.5 Å². The van der Waals surface area contributed by atoms with E-state index in [1.807, 2.05) is 0 Å². The highest BCUT2D eigenvalue weighted by Crippen LogP contribution is 2.36. The van der Waals surface area contributed by atoms with Crippen molar-refractivity contribution in [2.45, 2.75) is 26.4 Å². The highest BCUT2D eigenvalue weighted by Gasteiger charge is 2.20. The number of carbonyl (C=O) groups is 2. The number of benzene rings is 1. The lowest BCUT2D eigenvalue weighted by Crippen LogP contribution is -2.28. The molecule has 3 rings (SSSR count). The monoisotopic (exact) mass is 374 g/mol. The molecule has 1 aromatic heterocycles. The second-order valence-corrected chi connectivity index (χ2v) is 6.81. The van der Waals surface area contributed by atoms with E-state index in [1.54, 1.807) is 26.8 Å². The summed E-state index contributed by atoms with van der Waals surface area (Å²) in [5, 5.41) is 7.88. The molecular formula is C18H19FN4O4. The standard InChI is InChI=1S/C18H19FN4O4/c1-18(2,3)27-17(25)22-12-5-4-10(8-11(12)19)26-13-6-7-20-16-15(13)21-9-14(24)23-16/h4-8,21H,9H2,1-3H3,(H,22,25)(H,20,23,24). The summed E-state index contributed by atoms with van der Waals surface area (Å²) < 4.78 is 25.1. The van der Waals surface area contributed by atoms with Crippen molar-refractivity contribution < 1.29 is 23.5 Å². The largest absolute Gasteiger partial charge is 0.455 e. The molecule has 0 aliphatic carbocycles. The number of hydrogen-bond acceptors (Lipinski definition) is 6. The molecule has 1 aromatic carbocycles. The third-order valence-corrected chi connectivity index (χ3v) is 3.40. The summed E-state index contributed by atoms with van der Waals surface area (Å²) in [6.07, 6.45) is 0.717. The Bertz CT molecular complexity index is 895. The molecule has 2 aromatic rings. The Balaban J connectivity index is 1.74. The molecule has 8 nitrogen and oxygen atoms in total. The molecule has 0 saturated carbocycles. The average molecular weight is 374 g/mol. The molecule has 0 atom stereocenters. The molecule has 2 heterocycles. The molecule has 3 N–H and O–H groups in total. The van der Waals surface area contributed by atoms with Gasteiger partial charge in [0.25, 0.3) is 0 Å².